The molecule has 0 aliphatic carbocycles. The van der Waals surface area contributed by atoms with E-state index < -0.39 is 10.0 Å². The van der Waals surface area contributed by atoms with Crippen molar-refractivity contribution in [2.24, 2.45) is 5.73 Å². The first kappa shape index (κ1) is 17.2. The Morgan fingerprint density at radius 3 is 2.43 bits per heavy atom. The van der Waals surface area contributed by atoms with Gasteiger partial charge in [-0.05, 0) is 47.2 Å². The summed E-state index contributed by atoms with van der Waals surface area (Å²) in [6.45, 7) is 0.865. The van der Waals surface area contributed by atoms with Crippen molar-refractivity contribution in [3.8, 4) is 0 Å². The van der Waals surface area contributed by atoms with Gasteiger partial charge in [-0.1, -0.05) is 24.4 Å². The fourth-order valence-corrected chi connectivity index (χ4v) is 6.08. The molecule has 0 amide bonds. The van der Waals surface area contributed by atoms with Crippen molar-refractivity contribution in [2.45, 2.75) is 22.5 Å². The lowest BCUT2D eigenvalue weighted by atomic mass is 9.97. The Kier molecular flexibility index (Phi) is 5.36. The second-order valence-corrected chi connectivity index (χ2v) is 9.29. The fraction of sp³-hybridized carbons (Fsp3) is 0.462. The van der Waals surface area contributed by atoms with Crippen LogP contribution in [0.15, 0.2) is 33.6 Å². The number of halogens is 1. The summed E-state index contributed by atoms with van der Waals surface area (Å²) in [5, 5.41) is 0. The standard InChI is InChI=1S/C13H17BrN2O2S3/c1-20-13(12(15)19)6-8-16(9-7-13)21(17,18)11-5-3-2-4-10(11)14/h2-5H,6-9H2,1H3,(H2,15,19). The van der Waals surface area contributed by atoms with Crippen LogP contribution in [0.3, 0.4) is 0 Å². The molecule has 0 unspecified atom stereocenters. The molecule has 21 heavy (non-hydrogen) atoms. The Hall–Kier alpha value is -0.150. The fourth-order valence-electron chi connectivity index (χ4n) is 2.43. The Labute approximate surface area is 143 Å². The van der Waals surface area contributed by atoms with Gasteiger partial charge in [0, 0.05) is 17.6 Å². The summed E-state index contributed by atoms with van der Waals surface area (Å²) in [7, 11) is -3.48. The lowest BCUT2D eigenvalue weighted by molar-refractivity contribution is 0.332. The van der Waals surface area contributed by atoms with Gasteiger partial charge in [0.05, 0.1) is 14.6 Å². The summed E-state index contributed by atoms with van der Waals surface area (Å²) < 4.78 is 27.2. The number of benzene rings is 1. The van der Waals surface area contributed by atoms with Crippen LogP contribution in [0.1, 0.15) is 12.8 Å². The van der Waals surface area contributed by atoms with Gasteiger partial charge in [0.15, 0.2) is 0 Å². The second kappa shape index (κ2) is 6.54. The zero-order valence-electron chi connectivity index (χ0n) is 11.6. The lowest BCUT2D eigenvalue weighted by Gasteiger charge is -2.39. The predicted molar refractivity (Wildman–Crippen MR) is 95.2 cm³/mol. The molecule has 0 radical (unpaired) electrons. The zero-order chi connectivity index (χ0) is 15.7. The van der Waals surface area contributed by atoms with Crippen LogP contribution in [0.25, 0.3) is 0 Å². The third kappa shape index (κ3) is 3.29. The molecule has 0 bridgehead atoms. The van der Waals surface area contributed by atoms with Crippen molar-refractivity contribution in [3.63, 3.8) is 0 Å². The molecule has 1 saturated heterocycles. The molecule has 1 aromatic rings. The van der Waals surface area contributed by atoms with E-state index in [1.54, 1.807) is 36.0 Å². The summed E-state index contributed by atoms with van der Waals surface area (Å²) in [5.41, 5.74) is 5.84. The van der Waals surface area contributed by atoms with E-state index in [2.05, 4.69) is 15.9 Å². The maximum Gasteiger partial charge on any atom is 0.244 e. The SMILES string of the molecule is CSC1(C(N)=S)CCN(S(=O)(=O)c2ccccc2Br)CC1. The normalized spacial score (nSPS) is 19.3. The number of nitrogens with zero attached hydrogens (tertiary/aromatic N) is 1. The molecular formula is C13H17BrN2O2S3. The first-order valence-electron chi connectivity index (χ1n) is 6.43. The highest BCUT2D eigenvalue weighted by Crippen LogP contribution is 2.37. The third-order valence-corrected chi connectivity index (χ3v) is 8.66. The van der Waals surface area contributed by atoms with Crippen LogP contribution in [0.5, 0.6) is 0 Å². The Morgan fingerprint density at radius 2 is 1.95 bits per heavy atom. The van der Waals surface area contributed by atoms with E-state index >= 15 is 0 Å². The first-order chi connectivity index (χ1) is 9.83. The average Bonchev–Trinajstić information content (AvgIpc) is 2.47. The van der Waals surface area contributed by atoms with Gasteiger partial charge < -0.3 is 5.73 Å². The zero-order valence-corrected chi connectivity index (χ0v) is 15.6. The largest absolute Gasteiger partial charge is 0.392 e. The smallest absolute Gasteiger partial charge is 0.244 e. The molecular weight excluding hydrogens is 392 g/mol. The molecule has 1 aromatic carbocycles. The van der Waals surface area contributed by atoms with E-state index in [-0.39, 0.29) is 4.75 Å². The van der Waals surface area contributed by atoms with Gasteiger partial charge in [0.1, 0.15) is 0 Å². The molecule has 2 rings (SSSR count). The van der Waals surface area contributed by atoms with E-state index in [4.69, 9.17) is 18.0 Å². The van der Waals surface area contributed by atoms with E-state index in [1.165, 1.54) is 4.31 Å². The molecule has 0 atom stereocenters. The van der Waals surface area contributed by atoms with Gasteiger partial charge in [-0.2, -0.15) is 16.1 Å². The summed E-state index contributed by atoms with van der Waals surface area (Å²) in [5.74, 6) is 0. The van der Waals surface area contributed by atoms with Crippen LogP contribution >= 0.6 is 39.9 Å². The highest BCUT2D eigenvalue weighted by atomic mass is 79.9. The van der Waals surface area contributed by atoms with Crippen molar-refractivity contribution in [2.75, 3.05) is 19.3 Å². The number of thiocarbonyl (C=S) groups is 1. The highest BCUT2D eigenvalue weighted by molar-refractivity contribution is 9.10. The number of nitrogens with two attached hydrogens (primary N) is 1. The Morgan fingerprint density at radius 1 is 1.38 bits per heavy atom. The molecule has 0 aromatic heterocycles. The Balaban J connectivity index is 2.23. The van der Waals surface area contributed by atoms with Crippen molar-refractivity contribution >= 4 is 54.9 Å². The van der Waals surface area contributed by atoms with Gasteiger partial charge >= 0.3 is 0 Å². The summed E-state index contributed by atoms with van der Waals surface area (Å²) >= 11 is 10.1. The van der Waals surface area contributed by atoms with E-state index in [9.17, 15) is 8.42 Å². The Bertz CT molecular complexity index is 641. The van der Waals surface area contributed by atoms with Gasteiger partial charge in [0.25, 0.3) is 0 Å². The van der Waals surface area contributed by atoms with Crippen molar-refractivity contribution < 1.29 is 8.42 Å². The molecule has 0 saturated carbocycles. The minimum absolute atomic E-state index is 0.282. The van der Waals surface area contributed by atoms with Gasteiger partial charge in [0.2, 0.25) is 10.0 Å². The summed E-state index contributed by atoms with van der Waals surface area (Å²) in [6.07, 6.45) is 3.26. The van der Waals surface area contributed by atoms with Crippen LogP contribution in [0.2, 0.25) is 0 Å². The number of hydrogen-bond donors (Lipinski definition) is 1. The van der Waals surface area contributed by atoms with Crippen LogP contribution < -0.4 is 5.73 Å². The minimum Gasteiger partial charge on any atom is -0.392 e. The summed E-state index contributed by atoms with van der Waals surface area (Å²) in [6, 6.07) is 6.87. The second-order valence-electron chi connectivity index (χ2n) is 4.90. The first-order valence-corrected chi connectivity index (χ1v) is 10.3. The third-order valence-electron chi connectivity index (χ3n) is 3.82. The molecule has 116 valence electrons. The van der Waals surface area contributed by atoms with Crippen molar-refractivity contribution in [1.29, 1.82) is 0 Å². The molecule has 1 heterocycles. The molecule has 8 heteroatoms. The molecule has 0 spiro atoms. The van der Waals surface area contributed by atoms with Crippen LogP contribution in [0, 0.1) is 0 Å². The number of rotatable bonds is 4. The van der Waals surface area contributed by atoms with Gasteiger partial charge in [-0.15, -0.1) is 0 Å². The number of sulfonamides is 1. The van der Waals surface area contributed by atoms with Gasteiger partial charge in [-0.25, -0.2) is 8.42 Å². The van der Waals surface area contributed by atoms with Gasteiger partial charge in [-0.3, -0.25) is 0 Å². The monoisotopic (exact) mass is 408 g/mol. The van der Waals surface area contributed by atoms with Crippen LogP contribution in [0.4, 0.5) is 0 Å². The van der Waals surface area contributed by atoms with Crippen molar-refractivity contribution in [1.82, 2.24) is 4.31 Å². The average molecular weight is 409 g/mol. The molecule has 1 fully saturated rings. The molecule has 1 aliphatic heterocycles. The molecule has 4 nitrogen and oxygen atoms in total. The summed E-state index contributed by atoms with van der Waals surface area (Å²) in [4.78, 5) is 0.768. The molecule has 1 aliphatic rings. The predicted octanol–water partition coefficient (Wildman–Crippen LogP) is 2.62. The maximum absolute atomic E-state index is 12.7. The number of piperidine rings is 1. The molecule has 2 N–H and O–H groups in total. The minimum atomic E-state index is -3.48. The number of thioether (sulfide) groups is 1. The van der Waals surface area contributed by atoms with Crippen LogP contribution in [-0.2, 0) is 10.0 Å². The van der Waals surface area contributed by atoms with E-state index in [0.717, 1.165) is 0 Å². The van der Waals surface area contributed by atoms with E-state index in [1.807, 2.05) is 6.26 Å². The quantitative estimate of drug-likeness (QED) is 0.775. The maximum atomic E-state index is 12.7. The van der Waals surface area contributed by atoms with Crippen molar-refractivity contribution in [3.05, 3.63) is 28.7 Å². The highest BCUT2D eigenvalue weighted by Gasteiger charge is 2.40. The van der Waals surface area contributed by atoms with E-state index in [0.29, 0.717) is 40.3 Å². The number of hydrogen-bond acceptors (Lipinski definition) is 4. The lowest BCUT2D eigenvalue weighted by Crippen LogP contribution is -2.50. The topological polar surface area (TPSA) is 63.4 Å². The van der Waals surface area contributed by atoms with Crippen LogP contribution in [-0.4, -0.2) is 41.8 Å².